The van der Waals surface area contributed by atoms with E-state index in [1.807, 2.05) is 11.0 Å². The standard InChI is InChI=1S/C29H36N4O/c1-4-5-7-15-27(34)32-16-18-33(19-17-32)29-26(21-24-12-8-6-9-13-24)23(3)30-28(31-29)25-14-10-11-22(2)20-25/h6,8-14,20H,4-5,7,15-19,21H2,1-3H3. The molecule has 0 radical (unpaired) electrons. The lowest BCUT2D eigenvalue weighted by molar-refractivity contribution is -0.131. The number of aryl methyl sites for hydroxylation is 2. The lowest BCUT2D eigenvalue weighted by Crippen LogP contribution is -2.49. The van der Waals surface area contributed by atoms with Crippen molar-refractivity contribution in [2.24, 2.45) is 0 Å². The molecule has 1 aromatic heterocycles. The van der Waals surface area contributed by atoms with Crippen LogP contribution in [0.1, 0.15) is 55.0 Å². The summed E-state index contributed by atoms with van der Waals surface area (Å²) < 4.78 is 0. The molecule has 4 rings (SSSR count). The molecule has 1 amide bonds. The van der Waals surface area contributed by atoms with Crippen LogP contribution in [0.5, 0.6) is 0 Å². The molecule has 5 nitrogen and oxygen atoms in total. The monoisotopic (exact) mass is 456 g/mol. The molecular weight excluding hydrogens is 420 g/mol. The Morgan fingerprint density at radius 3 is 2.38 bits per heavy atom. The molecule has 2 heterocycles. The lowest BCUT2D eigenvalue weighted by atomic mass is 10.0. The molecule has 1 saturated heterocycles. The third-order valence-corrected chi connectivity index (χ3v) is 6.62. The number of carbonyl (C=O) groups excluding carboxylic acids is 1. The summed E-state index contributed by atoms with van der Waals surface area (Å²) in [6.07, 6.45) is 4.71. The highest BCUT2D eigenvalue weighted by atomic mass is 16.2. The van der Waals surface area contributed by atoms with Crippen molar-refractivity contribution in [1.29, 1.82) is 0 Å². The van der Waals surface area contributed by atoms with Gasteiger partial charge in [-0.25, -0.2) is 9.97 Å². The first-order valence-corrected chi connectivity index (χ1v) is 12.6. The zero-order valence-electron chi connectivity index (χ0n) is 20.8. The molecule has 0 saturated carbocycles. The quantitative estimate of drug-likeness (QED) is 0.415. The summed E-state index contributed by atoms with van der Waals surface area (Å²) in [5.74, 6) is 2.06. The Balaban J connectivity index is 1.61. The summed E-state index contributed by atoms with van der Waals surface area (Å²) in [4.78, 5) is 27.0. The van der Waals surface area contributed by atoms with Crippen LogP contribution in [0.2, 0.25) is 0 Å². The van der Waals surface area contributed by atoms with Gasteiger partial charge in [-0.2, -0.15) is 0 Å². The van der Waals surface area contributed by atoms with E-state index >= 15 is 0 Å². The highest BCUT2D eigenvalue weighted by Crippen LogP contribution is 2.28. The average Bonchev–Trinajstić information content (AvgIpc) is 2.86. The molecule has 0 bridgehead atoms. The van der Waals surface area contributed by atoms with E-state index < -0.39 is 0 Å². The summed E-state index contributed by atoms with van der Waals surface area (Å²) >= 11 is 0. The van der Waals surface area contributed by atoms with Gasteiger partial charge in [0.25, 0.3) is 0 Å². The highest BCUT2D eigenvalue weighted by Gasteiger charge is 2.25. The van der Waals surface area contributed by atoms with Crippen molar-refractivity contribution in [3.8, 4) is 11.4 Å². The van der Waals surface area contributed by atoms with Gasteiger partial charge in [-0.15, -0.1) is 0 Å². The Hall–Kier alpha value is -3.21. The van der Waals surface area contributed by atoms with Crippen molar-refractivity contribution in [3.63, 3.8) is 0 Å². The zero-order valence-corrected chi connectivity index (χ0v) is 20.8. The molecule has 178 valence electrons. The molecule has 0 N–H and O–H groups in total. The fourth-order valence-corrected chi connectivity index (χ4v) is 4.61. The number of anilines is 1. The van der Waals surface area contributed by atoms with Gasteiger partial charge in [-0.05, 0) is 31.9 Å². The van der Waals surface area contributed by atoms with E-state index in [-0.39, 0.29) is 5.91 Å². The van der Waals surface area contributed by atoms with Crippen molar-refractivity contribution >= 4 is 11.7 Å². The second-order valence-corrected chi connectivity index (χ2v) is 9.29. The van der Waals surface area contributed by atoms with Crippen LogP contribution in [0.15, 0.2) is 54.6 Å². The number of aromatic nitrogens is 2. The summed E-state index contributed by atoms with van der Waals surface area (Å²) in [6, 6.07) is 18.9. The van der Waals surface area contributed by atoms with Gasteiger partial charge in [0.15, 0.2) is 5.82 Å². The van der Waals surface area contributed by atoms with Crippen LogP contribution < -0.4 is 4.90 Å². The van der Waals surface area contributed by atoms with Crippen LogP contribution in [0.4, 0.5) is 5.82 Å². The van der Waals surface area contributed by atoms with Crippen LogP contribution >= 0.6 is 0 Å². The number of carbonyl (C=O) groups is 1. The largest absolute Gasteiger partial charge is 0.353 e. The second-order valence-electron chi connectivity index (χ2n) is 9.29. The highest BCUT2D eigenvalue weighted by molar-refractivity contribution is 5.76. The molecule has 2 aromatic carbocycles. The minimum Gasteiger partial charge on any atom is -0.353 e. The minimum atomic E-state index is 0.289. The Bertz CT molecular complexity index is 1100. The summed E-state index contributed by atoms with van der Waals surface area (Å²) in [6.45, 7) is 9.45. The molecule has 0 unspecified atom stereocenters. The van der Waals surface area contributed by atoms with Crippen LogP contribution in [-0.2, 0) is 11.2 Å². The number of benzene rings is 2. The summed E-state index contributed by atoms with van der Waals surface area (Å²) in [7, 11) is 0. The van der Waals surface area contributed by atoms with Crippen molar-refractivity contribution in [2.75, 3.05) is 31.1 Å². The first-order chi connectivity index (χ1) is 16.5. The topological polar surface area (TPSA) is 49.3 Å². The maximum atomic E-state index is 12.6. The smallest absolute Gasteiger partial charge is 0.222 e. The molecule has 3 aromatic rings. The molecule has 5 heteroatoms. The third-order valence-electron chi connectivity index (χ3n) is 6.62. The Labute approximate surface area is 203 Å². The van der Waals surface area contributed by atoms with Crippen LogP contribution in [0.3, 0.4) is 0 Å². The molecule has 0 aliphatic carbocycles. The number of nitrogens with zero attached hydrogens (tertiary/aromatic N) is 4. The van der Waals surface area contributed by atoms with Gasteiger partial charge in [0.2, 0.25) is 5.91 Å². The molecule has 34 heavy (non-hydrogen) atoms. The maximum Gasteiger partial charge on any atom is 0.222 e. The van der Waals surface area contributed by atoms with E-state index in [1.165, 1.54) is 16.7 Å². The van der Waals surface area contributed by atoms with Crippen LogP contribution in [-0.4, -0.2) is 47.0 Å². The maximum absolute atomic E-state index is 12.6. The van der Waals surface area contributed by atoms with Crippen molar-refractivity contribution in [3.05, 3.63) is 77.0 Å². The fraction of sp³-hybridized carbons (Fsp3) is 0.414. The van der Waals surface area contributed by atoms with Gasteiger partial charge >= 0.3 is 0 Å². The van der Waals surface area contributed by atoms with Gasteiger partial charge in [0.1, 0.15) is 5.82 Å². The van der Waals surface area contributed by atoms with Crippen molar-refractivity contribution in [2.45, 2.75) is 52.9 Å². The molecule has 0 atom stereocenters. The normalized spacial score (nSPS) is 13.9. The van der Waals surface area contributed by atoms with E-state index in [2.05, 4.69) is 74.2 Å². The average molecular weight is 457 g/mol. The van der Waals surface area contributed by atoms with E-state index in [4.69, 9.17) is 9.97 Å². The van der Waals surface area contributed by atoms with Crippen molar-refractivity contribution < 1.29 is 4.79 Å². The Kier molecular flexibility index (Phi) is 7.94. The van der Waals surface area contributed by atoms with E-state index in [0.717, 1.165) is 74.8 Å². The third kappa shape index (κ3) is 5.82. The number of hydrogen-bond acceptors (Lipinski definition) is 4. The van der Waals surface area contributed by atoms with Crippen LogP contribution in [0, 0.1) is 13.8 Å². The van der Waals surface area contributed by atoms with Crippen molar-refractivity contribution in [1.82, 2.24) is 14.9 Å². The van der Waals surface area contributed by atoms with Gasteiger partial charge in [0.05, 0.1) is 0 Å². The Morgan fingerprint density at radius 2 is 1.68 bits per heavy atom. The SMILES string of the molecule is CCCCCC(=O)N1CCN(c2nc(-c3cccc(C)c3)nc(C)c2Cc2ccccc2)CC1. The lowest BCUT2D eigenvalue weighted by Gasteiger charge is -2.36. The van der Waals surface area contributed by atoms with E-state index in [0.29, 0.717) is 6.42 Å². The van der Waals surface area contributed by atoms with Gasteiger partial charge in [-0.3, -0.25) is 4.79 Å². The van der Waals surface area contributed by atoms with Crippen LogP contribution in [0.25, 0.3) is 11.4 Å². The number of rotatable bonds is 8. The Morgan fingerprint density at radius 1 is 0.912 bits per heavy atom. The number of piperazine rings is 1. The van der Waals surface area contributed by atoms with E-state index in [9.17, 15) is 4.79 Å². The molecule has 1 aliphatic heterocycles. The van der Waals surface area contributed by atoms with E-state index in [1.54, 1.807) is 0 Å². The summed E-state index contributed by atoms with van der Waals surface area (Å²) in [5.41, 5.74) is 5.68. The minimum absolute atomic E-state index is 0.289. The number of amides is 1. The molecule has 0 spiro atoms. The fourth-order valence-electron chi connectivity index (χ4n) is 4.61. The molecule has 1 aliphatic rings. The molecule has 1 fully saturated rings. The first-order valence-electron chi connectivity index (χ1n) is 12.6. The predicted molar refractivity (Wildman–Crippen MR) is 139 cm³/mol. The zero-order chi connectivity index (χ0) is 23.9. The van der Waals surface area contributed by atoms with Gasteiger partial charge < -0.3 is 9.80 Å². The summed E-state index contributed by atoms with van der Waals surface area (Å²) in [5, 5.41) is 0. The first kappa shape index (κ1) is 23.9. The predicted octanol–water partition coefficient (Wildman–Crippen LogP) is 5.58. The number of unbranched alkanes of at least 4 members (excludes halogenated alkanes) is 2. The number of hydrogen-bond donors (Lipinski definition) is 0. The second kappa shape index (κ2) is 11.3. The van der Waals surface area contributed by atoms with Gasteiger partial charge in [0, 0.05) is 55.8 Å². The molecular formula is C29H36N4O. The van der Waals surface area contributed by atoms with Gasteiger partial charge in [-0.1, -0.05) is 73.9 Å².